The minimum Gasteiger partial charge on any atom is -0.395 e. The van der Waals surface area contributed by atoms with Crippen molar-refractivity contribution in [1.29, 1.82) is 0 Å². The van der Waals surface area contributed by atoms with E-state index in [0.29, 0.717) is 5.69 Å². The lowest BCUT2D eigenvalue weighted by Gasteiger charge is -1.97. The van der Waals surface area contributed by atoms with Crippen molar-refractivity contribution in [3.63, 3.8) is 0 Å². The molecule has 6 heteroatoms. The Kier molecular flexibility index (Phi) is 2.97. The molecule has 0 aliphatic rings. The van der Waals surface area contributed by atoms with Gasteiger partial charge in [-0.15, -0.1) is 0 Å². The highest BCUT2D eigenvalue weighted by Crippen LogP contribution is 2.29. The van der Waals surface area contributed by atoms with Gasteiger partial charge in [0.05, 0.1) is 5.69 Å². The number of nitrogens with zero attached hydrogens (tertiary/aromatic N) is 3. The van der Waals surface area contributed by atoms with Gasteiger partial charge in [-0.1, -0.05) is 0 Å². The summed E-state index contributed by atoms with van der Waals surface area (Å²) in [6, 6.07) is 3.86. The second kappa shape index (κ2) is 4.24. The van der Waals surface area contributed by atoms with Crippen LogP contribution in [0.5, 0.6) is 0 Å². The van der Waals surface area contributed by atoms with Gasteiger partial charge in [-0.2, -0.15) is 5.10 Å². The lowest BCUT2D eigenvalue weighted by atomic mass is 10.5. The maximum Gasteiger partial charge on any atom is 0.147 e. The summed E-state index contributed by atoms with van der Waals surface area (Å²) in [6.45, 7) is 0. The van der Waals surface area contributed by atoms with Crippen LogP contribution in [0.15, 0.2) is 39.1 Å². The van der Waals surface area contributed by atoms with E-state index < -0.39 is 0 Å². The van der Waals surface area contributed by atoms with E-state index in [0.717, 1.165) is 14.5 Å². The predicted molar refractivity (Wildman–Crippen MR) is 63.7 cm³/mol. The van der Waals surface area contributed by atoms with Gasteiger partial charge < -0.3 is 5.73 Å². The number of anilines is 1. The van der Waals surface area contributed by atoms with Crippen LogP contribution in [0.3, 0.4) is 0 Å². The van der Waals surface area contributed by atoms with Crippen LogP contribution in [-0.2, 0) is 7.05 Å². The molecule has 2 N–H and O–H groups in total. The molecule has 0 radical (unpaired) electrons. The Bertz CT molecular complexity index is 465. The molecule has 0 atom stereocenters. The quantitative estimate of drug-likeness (QED) is 0.920. The van der Waals surface area contributed by atoms with Crippen LogP contribution in [0.2, 0.25) is 0 Å². The number of hydrogen-bond donors (Lipinski definition) is 1. The first kappa shape index (κ1) is 10.5. The normalized spacial score (nSPS) is 10.5. The van der Waals surface area contributed by atoms with E-state index in [2.05, 4.69) is 26.0 Å². The van der Waals surface area contributed by atoms with Gasteiger partial charge in [-0.25, -0.2) is 4.98 Å². The number of rotatable bonds is 2. The zero-order valence-corrected chi connectivity index (χ0v) is 10.4. The van der Waals surface area contributed by atoms with Gasteiger partial charge >= 0.3 is 0 Å². The Morgan fingerprint density at radius 2 is 2.27 bits per heavy atom. The van der Waals surface area contributed by atoms with Gasteiger partial charge in [0, 0.05) is 23.9 Å². The lowest BCUT2D eigenvalue weighted by Crippen LogP contribution is -1.87. The molecule has 0 aliphatic carbocycles. The molecule has 2 aromatic rings. The largest absolute Gasteiger partial charge is 0.395 e. The van der Waals surface area contributed by atoms with E-state index in [-0.39, 0.29) is 0 Å². The van der Waals surface area contributed by atoms with E-state index in [4.69, 9.17) is 5.73 Å². The summed E-state index contributed by atoms with van der Waals surface area (Å²) in [6.07, 6.45) is 3.53. The third-order valence-corrected chi connectivity index (χ3v) is 3.15. The summed E-state index contributed by atoms with van der Waals surface area (Å²) in [5, 5.41) is 5.89. The molecular formula is C9H9BrN4S. The van der Waals surface area contributed by atoms with E-state index in [1.165, 1.54) is 11.8 Å². The fourth-order valence-electron chi connectivity index (χ4n) is 1.09. The number of nitrogen functional groups attached to an aromatic ring is 1. The summed E-state index contributed by atoms with van der Waals surface area (Å²) in [4.78, 5) is 4.24. The Labute approximate surface area is 100 Å². The van der Waals surface area contributed by atoms with Gasteiger partial charge in [-0.3, -0.25) is 4.68 Å². The fourth-order valence-corrected chi connectivity index (χ4v) is 2.10. The Hall–Kier alpha value is -1.01. The summed E-state index contributed by atoms with van der Waals surface area (Å²) in [7, 11) is 1.84. The predicted octanol–water partition coefficient (Wildman–Crippen LogP) is 2.31. The topological polar surface area (TPSA) is 56.7 Å². The monoisotopic (exact) mass is 284 g/mol. The molecule has 0 aromatic carbocycles. The molecule has 0 spiro atoms. The Balaban J connectivity index is 2.21. The van der Waals surface area contributed by atoms with Crippen LogP contribution in [0, 0.1) is 0 Å². The molecular weight excluding hydrogens is 276 g/mol. The van der Waals surface area contributed by atoms with E-state index in [9.17, 15) is 0 Å². The average molecular weight is 285 g/mol. The molecule has 2 heterocycles. The van der Waals surface area contributed by atoms with Crippen LogP contribution < -0.4 is 5.73 Å². The summed E-state index contributed by atoms with van der Waals surface area (Å²) in [5.74, 6) is 0. The molecule has 0 bridgehead atoms. The van der Waals surface area contributed by atoms with Crippen molar-refractivity contribution in [1.82, 2.24) is 14.8 Å². The molecule has 0 saturated heterocycles. The van der Waals surface area contributed by atoms with E-state index in [1.54, 1.807) is 17.1 Å². The highest BCUT2D eigenvalue weighted by atomic mass is 79.9. The zero-order valence-electron chi connectivity index (χ0n) is 8.01. The van der Waals surface area contributed by atoms with Crippen molar-refractivity contribution in [3.05, 3.63) is 29.0 Å². The van der Waals surface area contributed by atoms with Crippen molar-refractivity contribution in [2.24, 2.45) is 7.05 Å². The average Bonchev–Trinajstić information content (AvgIpc) is 2.49. The highest BCUT2D eigenvalue weighted by molar-refractivity contribution is 9.10. The second-order valence-corrected chi connectivity index (χ2v) is 4.90. The molecule has 0 fully saturated rings. The van der Waals surface area contributed by atoms with Crippen molar-refractivity contribution in [3.8, 4) is 0 Å². The minimum atomic E-state index is 0.673. The third kappa shape index (κ3) is 2.51. The van der Waals surface area contributed by atoms with Gasteiger partial charge in [-0.05, 0) is 39.8 Å². The SMILES string of the molecule is Cn1cc(N)c(Sc2ccc(Br)cn2)n1. The molecule has 2 aromatic heterocycles. The summed E-state index contributed by atoms with van der Waals surface area (Å²) >= 11 is 4.79. The fraction of sp³-hybridized carbons (Fsp3) is 0.111. The molecule has 2 rings (SSSR count). The number of pyridine rings is 1. The van der Waals surface area contributed by atoms with Crippen molar-refractivity contribution >= 4 is 33.4 Å². The first-order chi connectivity index (χ1) is 7.15. The number of hydrogen-bond acceptors (Lipinski definition) is 4. The van der Waals surface area contributed by atoms with Gasteiger partial charge in [0.2, 0.25) is 0 Å². The highest BCUT2D eigenvalue weighted by Gasteiger charge is 2.06. The number of halogens is 1. The minimum absolute atomic E-state index is 0.673. The summed E-state index contributed by atoms with van der Waals surface area (Å²) in [5.41, 5.74) is 6.45. The zero-order chi connectivity index (χ0) is 10.8. The van der Waals surface area contributed by atoms with Crippen LogP contribution in [0.25, 0.3) is 0 Å². The van der Waals surface area contributed by atoms with Crippen LogP contribution in [0.4, 0.5) is 5.69 Å². The molecule has 0 aliphatic heterocycles. The Morgan fingerprint density at radius 1 is 1.47 bits per heavy atom. The second-order valence-electron chi connectivity index (χ2n) is 2.98. The number of nitrogens with two attached hydrogens (primary N) is 1. The molecule has 15 heavy (non-hydrogen) atoms. The maximum atomic E-state index is 5.78. The van der Waals surface area contributed by atoms with Crippen molar-refractivity contribution in [2.45, 2.75) is 10.1 Å². The smallest absolute Gasteiger partial charge is 0.147 e. The standard InChI is InChI=1S/C9H9BrN4S/c1-14-5-7(11)9(13-14)15-8-3-2-6(10)4-12-8/h2-5H,11H2,1H3. The van der Waals surface area contributed by atoms with Crippen molar-refractivity contribution < 1.29 is 0 Å². The first-order valence-electron chi connectivity index (χ1n) is 4.23. The summed E-state index contributed by atoms with van der Waals surface area (Å²) < 4.78 is 2.65. The van der Waals surface area contributed by atoms with Gasteiger partial charge in [0.25, 0.3) is 0 Å². The molecule has 0 unspecified atom stereocenters. The van der Waals surface area contributed by atoms with Crippen LogP contribution in [0.1, 0.15) is 0 Å². The maximum absolute atomic E-state index is 5.78. The molecule has 0 amide bonds. The molecule has 0 saturated carbocycles. The third-order valence-electron chi connectivity index (χ3n) is 1.72. The van der Waals surface area contributed by atoms with E-state index in [1.807, 2.05) is 19.2 Å². The first-order valence-corrected chi connectivity index (χ1v) is 5.84. The molecule has 4 nitrogen and oxygen atoms in total. The van der Waals surface area contributed by atoms with Crippen LogP contribution in [-0.4, -0.2) is 14.8 Å². The van der Waals surface area contributed by atoms with Crippen molar-refractivity contribution in [2.75, 3.05) is 5.73 Å². The van der Waals surface area contributed by atoms with Gasteiger partial charge in [0.15, 0.2) is 0 Å². The number of aromatic nitrogens is 3. The van der Waals surface area contributed by atoms with E-state index >= 15 is 0 Å². The Morgan fingerprint density at radius 3 is 2.80 bits per heavy atom. The lowest BCUT2D eigenvalue weighted by molar-refractivity contribution is 0.738. The number of aryl methyl sites for hydroxylation is 1. The molecule has 78 valence electrons. The van der Waals surface area contributed by atoms with Crippen LogP contribution >= 0.6 is 27.7 Å². The van der Waals surface area contributed by atoms with Gasteiger partial charge in [0.1, 0.15) is 10.1 Å².